The highest BCUT2D eigenvalue weighted by Gasteiger charge is 2.23. The minimum absolute atomic E-state index is 0.0176. The van der Waals surface area contributed by atoms with Gasteiger partial charge in [-0.2, -0.15) is 0 Å². The van der Waals surface area contributed by atoms with Crippen LogP contribution in [0, 0.1) is 0 Å². The molecule has 160 valence electrons. The van der Waals surface area contributed by atoms with Gasteiger partial charge in [0.1, 0.15) is 6.54 Å². The number of hydrogen-bond donors (Lipinski definition) is 0. The zero-order valence-corrected chi connectivity index (χ0v) is 17.3. The molecule has 1 amide bonds. The van der Waals surface area contributed by atoms with Crippen molar-refractivity contribution in [3.05, 3.63) is 77.6 Å². The standard InChI is InChI=1S/C23H21N7O2/c31-22(15-30-16-25-20-6-2-1-5-18(20)23(30)32)29-12-10-28(11-13-29)21-8-7-19(26-27-21)17-4-3-9-24-14-17/h1-9,14,16H,10-13,15H2. The Kier molecular flexibility index (Phi) is 5.29. The van der Waals surface area contributed by atoms with Gasteiger partial charge in [0.15, 0.2) is 5.82 Å². The third-order valence-corrected chi connectivity index (χ3v) is 5.60. The summed E-state index contributed by atoms with van der Waals surface area (Å²) in [4.78, 5) is 37.7. The van der Waals surface area contributed by atoms with E-state index in [0.29, 0.717) is 37.1 Å². The molecule has 1 fully saturated rings. The highest BCUT2D eigenvalue weighted by Crippen LogP contribution is 2.18. The lowest BCUT2D eigenvalue weighted by molar-refractivity contribution is -0.132. The normalized spacial score (nSPS) is 14.0. The van der Waals surface area contributed by atoms with Gasteiger partial charge in [-0.25, -0.2) is 4.98 Å². The Bertz CT molecular complexity index is 1300. The van der Waals surface area contributed by atoms with E-state index in [1.807, 2.05) is 30.3 Å². The molecule has 0 bridgehead atoms. The first-order chi connectivity index (χ1) is 15.7. The number of fused-ring (bicyclic) bond motifs is 1. The Morgan fingerprint density at radius 3 is 2.53 bits per heavy atom. The molecule has 1 aromatic carbocycles. The summed E-state index contributed by atoms with van der Waals surface area (Å²) in [5, 5.41) is 9.17. The van der Waals surface area contributed by atoms with Crippen LogP contribution in [0.25, 0.3) is 22.2 Å². The van der Waals surface area contributed by atoms with Gasteiger partial charge in [0.25, 0.3) is 5.56 Å². The van der Waals surface area contributed by atoms with E-state index < -0.39 is 0 Å². The third-order valence-electron chi connectivity index (χ3n) is 5.60. The van der Waals surface area contributed by atoms with Crippen molar-refractivity contribution in [3.63, 3.8) is 0 Å². The van der Waals surface area contributed by atoms with Gasteiger partial charge in [0.05, 0.1) is 22.9 Å². The SMILES string of the molecule is O=C(Cn1cnc2ccccc2c1=O)N1CCN(c2ccc(-c3cccnc3)nn2)CC1. The minimum Gasteiger partial charge on any atom is -0.352 e. The maximum absolute atomic E-state index is 12.8. The number of carbonyl (C=O) groups excluding carboxylic acids is 1. The summed E-state index contributed by atoms with van der Waals surface area (Å²) in [7, 11) is 0. The van der Waals surface area contributed by atoms with Crippen molar-refractivity contribution in [1.29, 1.82) is 0 Å². The number of benzene rings is 1. The molecule has 0 aliphatic carbocycles. The average Bonchev–Trinajstić information content (AvgIpc) is 2.86. The zero-order valence-electron chi connectivity index (χ0n) is 17.3. The second-order valence-corrected chi connectivity index (χ2v) is 7.58. The number of pyridine rings is 1. The molecular weight excluding hydrogens is 406 g/mol. The van der Waals surface area contributed by atoms with Crippen LogP contribution in [0.15, 0.2) is 72.0 Å². The fourth-order valence-corrected chi connectivity index (χ4v) is 3.81. The average molecular weight is 427 g/mol. The molecule has 1 aliphatic rings. The molecule has 0 N–H and O–H groups in total. The number of amides is 1. The Hall–Kier alpha value is -4.14. The van der Waals surface area contributed by atoms with E-state index in [-0.39, 0.29) is 18.0 Å². The van der Waals surface area contributed by atoms with Crippen molar-refractivity contribution in [2.24, 2.45) is 0 Å². The molecule has 1 saturated heterocycles. The molecule has 0 saturated carbocycles. The highest BCUT2D eigenvalue weighted by atomic mass is 16.2. The van der Waals surface area contributed by atoms with Gasteiger partial charge in [-0.1, -0.05) is 12.1 Å². The van der Waals surface area contributed by atoms with Gasteiger partial charge in [-0.05, 0) is 36.4 Å². The van der Waals surface area contributed by atoms with E-state index in [4.69, 9.17) is 0 Å². The molecule has 3 aromatic heterocycles. The number of aromatic nitrogens is 5. The van der Waals surface area contributed by atoms with E-state index in [2.05, 4.69) is 25.1 Å². The van der Waals surface area contributed by atoms with E-state index >= 15 is 0 Å². The summed E-state index contributed by atoms with van der Waals surface area (Å²) in [5.41, 5.74) is 2.11. The lowest BCUT2D eigenvalue weighted by Gasteiger charge is -2.35. The lowest BCUT2D eigenvalue weighted by Crippen LogP contribution is -2.50. The fraction of sp³-hybridized carbons (Fsp3) is 0.217. The molecule has 0 spiro atoms. The molecule has 9 heteroatoms. The summed E-state index contributed by atoms with van der Waals surface area (Å²) in [6.07, 6.45) is 4.92. The Balaban J connectivity index is 1.22. The monoisotopic (exact) mass is 427 g/mol. The van der Waals surface area contributed by atoms with Gasteiger partial charge in [-0.15, -0.1) is 10.2 Å². The maximum Gasteiger partial charge on any atom is 0.261 e. The fourth-order valence-electron chi connectivity index (χ4n) is 3.81. The number of rotatable bonds is 4. The number of para-hydroxylation sites is 1. The van der Waals surface area contributed by atoms with Gasteiger partial charge in [0.2, 0.25) is 5.91 Å². The number of carbonyl (C=O) groups is 1. The van der Waals surface area contributed by atoms with Crippen LogP contribution in [0.2, 0.25) is 0 Å². The molecule has 4 aromatic rings. The van der Waals surface area contributed by atoms with Crippen LogP contribution >= 0.6 is 0 Å². The van der Waals surface area contributed by atoms with Crippen molar-refractivity contribution in [3.8, 4) is 11.3 Å². The summed E-state index contributed by atoms with van der Waals surface area (Å²) in [6, 6.07) is 14.8. The predicted molar refractivity (Wildman–Crippen MR) is 120 cm³/mol. The van der Waals surface area contributed by atoms with Crippen LogP contribution < -0.4 is 10.5 Å². The van der Waals surface area contributed by atoms with Crippen LogP contribution in [0.1, 0.15) is 0 Å². The zero-order chi connectivity index (χ0) is 21.9. The molecule has 32 heavy (non-hydrogen) atoms. The van der Waals surface area contributed by atoms with E-state index in [1.165, 1.54) is 10.9 Å². The highest BCUT2D eigenvalue weighted by molar-refractivity contribution is 5.79. The molecule has 1 aliphatic heterocycles. The molecular formula is C23H21N7O2. The van der Waals surface area contributed by atoms with E-state index in [1.54, 1.807) is 35.5 Å². The number of hydrogen-bond acceptors (Lipinski definition) is 7. The van der Waals surface area contributed by atoms with Crippen molar-refractivity contribution >= 4 is 22.6 Å². The smallest absolute Gasteiger partial charge is 0.261 e. The number of anilines is 1. The summed E-state index contributed by atoms with van der Waals surface area (Å²) < 4.78 is 1.37. The molecule has 0 radical (unpaired) electrons. The van der Waals surface area contributed by atoms with Gasteiger partial charge in [0, 0.05) is 44.1 Å². The van der Waals surface area contributed by atoms with E-state index in [9.17, 15) is 9.59 Å². The second-order valence-electron chi connectivity index (χ2n) is 7.58. The number of piperazine rings is 1. The lowest BCUT2D eigenvalue weighted by atomic mass is 10.2. The first-order valence-electron chi connectivity index (χ1n) is 10.4. The van der Waals surface area contributed by atoms with Gasteiger partial charge < -0.3 is 9.80 Å². The first-order valence-corrected chi connectivity index (χ1v) is 10.4. The Morgan fingerprint density at radius 1 is 0.938 bits per heavy atom. The Labute approximate surface area is 184 Å². The number of nitrogens with zero attached hydrogens (tertiary/aromatic N) is 7. The van der Waals surface area contributed by atoms with Gasteiger partial charge >= 0.3 is 0 Å². The van der Waals surface area contributed by atoms with Gasteiger partial charge in [-0.3, -0.25) is 19.1 Å². The van der Waals surface area contributed by atoms with Crippen LogP contribution in [0.4, 0.5) is 5.82 Å². The van der Waals surface area contributed by atoms with Crippen LogP contribution in [-0.2, 0) is 11.3 Å². The van der Waals surface area contributed by atoms with Crippen molar-refractivity contribution in [2.75, 3.05) is 31.1 Å². The van der Waals surface area contributed by atoms with E-state index in [0.717, 1.165) is 17.1 Å². The molecule has 5 rings (SSSR count). The van der Waals surface area contributed by atoms with Crippen LogP contribution in [0.3, 0.4) is 0 Å². The summed E-state index contributed by atoms with van der Waals surface area (Å²) in [6.45, 7) is 2.40. The molecule has 0 atom stereocenters. The molecule has 4 heterocycles. The quantitative estimate of drug-likeness (QED) is 0.488. The van der Waals surface area contributed by atoms with Crippen molar-refractivity contribution < 1.29 is 4.79 Å². The summed E-state index contributed by atoms with van der Waals surface area (Å²) >= 11 is 0. The van der Waals surface area contributed by atoms with Crippen LogP contribution in [0.5, 0.6) is 0 Å². The third kappa shape index (κ3) is 3.92. The molecule has 0 unspecified atom stereocenters. The first kappa shape index (κ1) is 19.8. The molecule has 9 nitrogen and oxygen atoms in total. The maximum atomic E-state index is 12.8. The second kappa shape index (κ2) is 8.54. The minimum atomic E-state index is -0.202. The topological polar surface area (TPSA) is 97.1 Å². The largest absolute Gasteiger partial charge is 0.352 e. The Morgan fingerprint density at radius 2 is 1.78 bits per heavy atom. The van der Waals surface area contributed by atoms with Crippen molar-refractivity contribution in [1.82, 2.24) is 29.6 Å². The van der Waals surface area contributed by atoms with Crippen molar-refractivity contribution in [2.45, 2.75) is 6.54 Å². The predicted octanol–water partition coefficient (Wildman–Crippen LogP) is 1.60. The van der Waals surface area contributed by atoms with Crippen LogP contribution in [-0.4, -0.2) is 61.7 Å². The summed E-state index contributed by atoms with van der Waals surface area (Å²) in [5.74, 6) is 0.682.